The van der Waals surface area contributed by atoms with Gasteiger partial charge >= 0.3 is 0 Å². The number of ether oxygens (including phenoxy) is 2. The zero-order chi connectivity index (χ0) is 19.9. The number of amides is 1. The van der Waals surface area contributed by atoms with E-state index in [4.69, 9.17) is 9.47 Å². The number of halogens is 1. The fourth-order valence-corrected chi connectivity index (χ4v) is 2.48. The van der Waals surface area contributed by atoms with Crippen LogP contribution < -0.4 is 14.8 Å². The molecule has 142 valence electrons. The zero-order valence-electron chi connectivity index (χ0n) is 15.1. The van der Waals surface area contributed by atoms with E-state index in [-0.39, 0.29) is 23.7 Å². The van der Waals surface area contributed by atoms with Crippen molar-refractivity contribution in [3.8, 4) is 17.2 Å². The highest BCUT2D eigenvalue weighted by atomic mass is 19.1. The van der Waals surface area contributed by atoms with Crippen LogP contribution in [-0.4, -0.2) is 18.3 Å². The molecule has 0 atom stereocenters. The van der Waals surface area contributed by atoms with Gasteiger partial charge < -0.3 is 14.8 Å². The number of rotatable bonds is 7. The predicted octanol–water partition coefficient (Wildman–Crippen LogP) is 4.84. The van der Waals surface area contributed by atoms with Crippen molar-refractivity contribution in [1.82, 2.24) is 0 Å². The smallest absolute Gasteiger partial charge is 0.262 e. The number of carbonyl (C=O) groups excluding carboxylic acids is 2. The standard InChI is InChI=1S/C22H18FNO4/c1-15(25)20-11-10-18(13-21(20)23)27-14-22(26)24-16-6-5-9-19(12-16)28-17-7-3-2-4-8-17/h2-13H,14H2,1H3,(H,24,26). The molecule has 1 amide bonds. The van der Waals surface area contributed by atoms with Crippen molar-refractivity contribution in [2.24, 2.45) is 0 Å². The topological polar surface area (TPSA) is 64.6 Å². The van der Waals surface area contributed by atoms with Crippen molar-refractivity contribution in [3.05, 3.63) is 84.2 Å². The first-order chi connectivity index (χ1) is 13.5. The SMILES string of the molecule is CC(=O)c1ccc(OCC(=O)Nc2cccc(Oc3ccccc3)c2)cc1F. The van der Waals surface area contributed by atoms with E-state index >= 15 is 0 Å². The second-order valence-electron chi connectivity index (χ2n) is 5.98. The monoisotopic (exact) mass is 379 g/mol. The predicted molar refractivity (Wildman–Crippen MR) is 103 cm³/mol. The van der Waals surface area contributed by atoms with Crippen molar-refractivity contribution in [1.29, 1.82) is 0 Å². The fourth-order valence-electron chi connectivity index (χ4n) is 2.48. The Kier molecular flexibility index (Phi) is 6.01. The third-order valence-corrected chi connectivity index (χ3v) is 3.79. The molecular formula is C22H18FNO4. The Morgan fingerprint density at radius 1 is 0.893 bits per heavy atom. The molecule has 6 heteroatoms. The number of anilines is 1. The molecule has 3 aromatic rings. The van der Waals surface area contributed by atoms with Crippen LogP contribution in [0.5, 0.6) is 17.2 Å². The largest absolute Gasteiger partial charge is 0.484 e. The minimum Gasteiger partial charge on any atom is -0.484 e. The second-order valence-corrected chi connectivity index (χ2v) is 5.98. The first kappa shape index (κ1) is 19.1. The van der Waals surface area contributed by atoms with Gasteiger partial charge in [0, 0.05) is 17.8 Å². The summed E-state index contributed by atoms with van der Waals surface area (Å²) in [6.07, 6.45) is 0. The Bertz CT molecular complexity index is 989. The highest BCUT2D eigenvalue weighted by Gasteiger charge is 2.10. The molecule has 0 saturated carbocycles. The number of para-hydroxylation sites is 1. The molecule has 28 heavy (non-hydrogen) atoms. The van der Waals surface area contributed by atoms with Gasteiger partial charge in [-0.1, -0.05) is 24.3 Å². The van der Waals surface area contributed by atoms with Crippen LogP contribution in [0.2, 0.25) is 0 Å². The second kappa shape index (κ2) is 8.81. The maximum atomic E-state index is 13.8. The highest BCUT2D eigenvalue weighted by molar-refractivity contribution is 5.94. The van der Waals surface area contributed by atoms with E-state index in [9.17, 15) is 14.0 Å². The molecular weight excluding hydrogens is 361 g/mol. The highest BCUT2D eigenvalue weighted by Crippen LogP contribution is 2.24. The number of hydrogen-bond acceptors (Lipinski definition) is 4. The van der Waals surface area contributed by atoms with Crippen LogP contribution in [0.1, 0.15) is 17.3 Å². The number of nitrogens with one attached hydrogen (secondary N) is 1. The summed E-state index contributed by atoms with van der Waals surface area (Å²) in [7, 11) is 0. The Hall–Kier alpha value is -3.67. The molecule has 0 spiro atoms. The summed E-state index contributed by atoms with van der Waals surface area (Å²) in [5.41, 5.74) is 0.521. The van der Waals surface area contributed by atoms with Crippen LogP contribution in [0.3, 0.4) is 0 Å². The number of hydrogen-bond donors (Lipinski definition) is 1. The lowest BCUT2D eigenvalue weighted by Gasteiger charge is -2.10. The van der Waals surface area contributed by atoms with E-state index < -0.39 is 11.7 Å². The Morgan fingerprint density at radius 3 is 2.36 bits per heavy atom. The molecule has 0 saturated heterocycles. The van der Waals surface area contributed by atoms with Crippen LogP contribution in [0, 0.1) is 5.82 Å². The van der Waals surface area contributed by atoms with E-state index in [1.165, 1.54) is 19.1 Å². The molecule has 0 fully saturated rings. The Balaban J connectivity index is 1.57. The molecule has 0 heterocycles. The first-order valence-corrected chi connectivity index (χ1v) is 8.57. The third-order valence-electron chi connectivity index (χ3n) is 3.79. The lowest BCUT2D eigenvalue weighted by atomic mass is 10.1. The van der Waals surface area contributed by atoms with Gasteiger partial charge in [0.1, 0.15) is 23.1 Å². The third kappa shape index (κ3) is 5.17. The zero-order valence-corrected chi connectivity index (χ0v) is 15.1. The summed E-state index contributed by atoms with van der Waals surface area (Å²) in [6, 6.07) is 20.1. The van der Waals surface area contributed by atoms with E-state index in [1.807, 2.05) is 30.3 Å². The Labute approximate surface area is 161 Å². The van der Waals surface area contributed by atoms with Crippen LogP contribution in [0.4, 0.5) is 10.1 Å². The minimum absolute atomic E-state index is 0.0213. The van der Waals surface area contributed by atoms with Gasteiger partial charge in [-0.25, -0.2) is 4.39 Å². The summed E-state index contributed by atoms with van der Waals surface area (Å²) in [5, 5.41) is 2.69. The van der Waals surface area contributed by atoms with Gasteiger partial charge in [0.15, 0.2) is 12.4 Å². The quantitative estimate of drug-likeness (QED) is 0.597. The number of carbonyl (C=O) groups is 2. The molecule has 3 rings (SSSR count). The van der Waals surface area contributed by atoms with Crippen molar-refractivity contribution >= 4 is 17.4 Å². The van der Waals surface area contributed by atoms with Crippen molar-refractivity contribution in [2.75, 3.05) is 11.9 Å². The van der Waals surface area contributed by atoms with Crippen molar-refractivity contribution < 1.29 is 23.5 Å². The molecule has 0 bridgehead atoms. The van der Waals surface area contributed by atoms with E-state index in [0.29, 0.717) is 17.2 Å². The first-order valence-electron chi connectivity index (χ1n) is 8.57. The average molecular weight is 379 g/mol. The maximum Gasteiger partial charge on any atom is 0.262 e. The molecule has 5 nitrogen and oxygen atoms in total. The molecule has 3 aromatic carbocycles. The summed E-state index contributed by atoms with van der Waals surface area (Å²) in [6.45, 7) is 0.977. The van der Waals surface area contributed by atoms with E-state index in [1.54, 1.807) is 24.3 Å². The minimum atomic E-state index is -0.684. The number of Topliss-reactive ketones (excluding diaryl/α,β-unsaturated/α-hetero) is 1. The van der Waals surface area contributed by atoms with Gasteiger partial charge in [0.2, 0.25) is 0 Å². The van der Waals surface area contributed by atoms with Gasteiger partial charge in [0.05, 0.1) is 5.56 Å². The van der Waals surface area contributed by atoms with E-state index in [0.717, 1.165) is 6.07 Å². The normalized spacial score (nSPS) is 10.2. The maximum absolute atomic E-state index is 13.8. The molecule has 0 unspecified atom stereocenters. The lowest BCUT2D eigenvalue weighted by Crippen LogP contribution is -2.20. The summed E-state index contributed by atoms with van der Waals surface area (Å²) < 4.78 is 24.8. The van der Waals surface area contributed by atoms with Crippen LogP contribution in [-0.2, 0) is 4.79 Å². The number of ketones is 1. The summed E-state index contributed by atoms with van der Waals surface area (Å²) >= 11 is 0. The fraction of sp³-hybridized carbons (Fsp3) is 0.0909. The van der Waals surface area contributed by atoms with Gasteiger partial charge in [-0.05, 0) is 43.3 Å². The van der Waals surface area contributed by atoms with Gasteiger partial charge in [-0.15, -0.1) is 0 Å². The van der Waals surface area contributed by atoms with Gasteiger partial charge in [-0.2, -0.15) is 0 Å². The molecule has 0 radical (unpaired) electrons. The Morgan fingerprint density at radius 2 is 1.64 bits per heavy atom. The van der Waals surface area contributed by atoms with Gasteiger partial charge in [-0.3, -0.25) is 9.59 Å². The van der Waals surface area contributed by atoms with Crippen LogP contribution >= 0.6 is 0 Å². The van der Waals surface area contributed by atoms with Crippen molar-refractivity contribution in [3.63, 3.8) is 0 Å². The average Bonchev–Trinajstić information content (AvgIpc) is 2.67. The van der Waals surface area contributed by atoms with Gasteiger partial charge in [0.25, 0.3) is 5.91 Å². The summed E-state index contributed by atoms with van der Waals surface area (Å²) in [5.74, 6) is -0.0422. The van der Waals surface area contributed by atoms with E-state index in [2.05, 4.69) is 5.32 Å². The molecule has 0 aliphatic carbocycles. The molecule has 0 aliphatic rings. The molecule has 1 N–H and O–H groups in total. The van der Waals surface area contributed by atoms with Crippen molar-refractivity contribution in [2.45, 2.75) is 6.92 Å². The molecule has 0 aliphatic heterocycles. The number of benzene rings is 3. The van der Waals surface area contributed by atoms with Crippen LogP contribution in [0.25, 0.3) is 0 Å². The van der Waals surface area contributed by atoms with Crippen LogP contribution in [0.15, 0.2) is 72.8 Å². The molecule has 0 aromatic heterocycles. The lowest BCUT2D eigenvalue weighted by molar-refractivity contribution is -0.118. The summed E-state index contributed by atoms with van der Waals surface area (Å²) in [4.78, 5) is 23.3.